The first-order valence-corrected chi connectivity index (χ1v) is 11.5. The van der Waals surface area contributed by atoms with Crippen LogP contribution in [-0.2, 0) is 10.0 Å². The first-order valence-electron chi connectivity index (χ1n) is 10.0. The minimum atomic E-state index is -3.84. The van der Waals surface area contributed by atoms with Gasteiger partial charge >= 0.3 is 0 Å². The molecule has 0 heterocycles. The fourth-order valence-electron chi connectivity index (χ4n) is 3.01. The fraction of sp³-hybridized carbons (Fsp3) is 0.208. The van der Waals surface area contributed by atoms with Gasteiger partial charge in [0, 0.05) is 11.3 Å². The maximum Gasteiger partial charge on any atom is 0.261 e. The quantitative estimate of drug-likeness (QED) is 0.478. The number of methoxy groups -OCH3 is 1. The molecule has 0 aliphatic rings. The van der Waals surface area contributed by atoms with Crippen molar-refractivity contribution in [2.45, 2.75) is 18.7 Å². The van der Waals surface area contributed by atoms with E-state index in [1.165, 1.54) is 12.1 Å². The molecular weight excluding hydrogens is 428 g/mol. The predicted molar refractivity (Wildman–Crippen MR) is 124 cm³/mol. The van der Waals surface area contributed by atoms with E-state index in [9.17, 15) is 13.2 Å². The van der Waals surface area contributed by atoms with Gasteiger partial charge in [0.25, 0.3) is 15.9 Å². The van der Waals surface area contributed by atoms with E-state index in [1.54, 1.807) is 44.4 Å². The van der Waals surface area contributed by atoms with Gasteiger partial charge in [-0.2, -0.15) is 0 Å². The third kappa shape index (κ3) is 5.79. The molecule has 0 saturated carbocycles. The van der Waals surface area contributed by atoms with Gasteiger partial charge in [-0.05, 0) is 55.8 Å². The molecule has 0 aliphatic carbocycles. The molecule has 0 unspecified atom stereocenters. The molecule has 0 fully saturated rings. The lowest BCUT2D eigenvalue weighted by atomic mass is 10.1. The molecule has 3 rings (SSSR count). The fourth-order valence-corrected chi connectivity index (χ4v) is 4.09. The summed E-state index contributed by atoms with van der Waals surface area (Å²) < 4.78 is 39.0. The van der Waals surface area contributed by atoms with Gasteiger partial charge in [-0.1, -0.05) is 35.9 Å². The summed E-state index contributed by atoms with van der Waals surface area (Å²) >= 11 is 0. The number of rotatable bonds is 9. The van der Waals surface area contributed by atoms with E-state index in [2.05, 4.69) is 10.0 Å². The summed E-state index contributed by atoms with van der Waals surface area (Å²) in [6.07, 6.45) is 0. The molecule has 0 aliphatic heterocycles. The Morgan fingerprint density at radius 3 is 2.31 bits per heavy atom. The van der Waals surface area contributed by atoms with Crippen LogP contribution in [0.4, 0.5) is 5.69 Å². The summed E-state index contributed by atoms with van der Waals surface area (Å²) in [6, 6.07) is 18.7. The van der Waals surface area contributed by atoms with Crippen LogP contribution in [-0.4, -0.2) is 34.6 Å². The number of anilines is 1. The highest BCUT2D eigenvalue weighted by atomic mass is 32.2. The Morgan fingerprint density at radius 2 is 1.62 bits per heavy atom. The largest absolute Gasteiger partial charge is 0.493 e. The number of aryl methyl sites for hydroxylation is 2. The van der Waals surface area contributed by atoms with Crippen LogP contribution in [0, 0.1) is 13.8 Å². The molecule has 32 heavy (non-hydrogen) atoms. The summed E-state index contributed by atoms with van der Waals surface area (Å²) in [5, 5.41) is 2.76. The highest BCUT2D eigenvalue weighted by Gasteiger charge is 2.18. The van der Waals surface area contributed by atoms with Crippen molar-refractivity contribution in [3.8, 4) is 11.5 Å². The van der Waals surface area contributed by atoms with Gasteiger partial charge in [-0.15, -0.1) is 0 Å². The van der Waals surface area contributed by atoms with Crippen molar-refractivity contribution >= 4 is 21.6 Å². The van der Waals surface area contributed by atoms with Crippen molar-refractivity contribution in [3.63, 3.8) is 0 Å². The molecule has 0 aromatic heterocycles. The highest BCUT2D eigenvalue weighted by Crippen LogP contribution is 2.25. The first kappa shape index (κ1) is 23.1. The second-order valence-electron chi connectivity index (χ2n) is 7.20. The lowest BCUT2D eigenvalue weighted by Gasteiger charge is -2.13. The van der Waals surface area contributed by atoms with Gasteiger partial charge in [0.05, 0.1) is 18.6 Å². The van der Waals surface area contributed by atoms with E-state index in [-0.39, 0.29) is 29.5 Å². The van der Waals surface area contributed by atoms with E-state index in [0.29, 0.717) is 22.7 Å². The molecule has 0 saturated heterocycles. The predicted octanol–water partition coefficient (Wildman–Crippen LogP) is 3.92. The van der Waals surface area contributed by atoms with Crippen LogP contribution in [0.25, 0.3) is 0 Å². The molecule has 0 spiro atoms. The van der Waals surface area contributed by atoms with E-state index < -0.39 is 10.0 Å². The van der Waals surface area contributed by atoms with Crippen molar-refractivity contribution < 1.29 is 22.7 Å². The second-order valence-corrected chi connectivity index (χ2v) is 8.89. The van der Waals surface area contributed by atoms with Gasteiger partial charge in [0.2, 0.25) is 0 Å². The van der Waals surface area contributed by atoms with Crippen molar-refractivity contribution in [2.75, 3.05) is 25.0 Å². The minimum Gasteiger partial charge on any atom is -0.493 e. The van der Waals surface area contributed by atoms with Gasteiger partial charge < -0.3 is 14.8 Å². The second kappa shape index (κ2) is 10.2. The van der Waals surface area contributed by atoms with Crippen molar-refractivity contribution in [2.24, 2.45) is 0 Å². The molecule has 0 radical (unpaired) electrons. The van der Waals surface area contributed by atoms with E-state index in [0.717, 1.165) is 5.56 Å². The summed E-state index contributed by atoms with van der Waals surface area (Å²) in [5.74, 6) is 0.808. The molecule has 0 bridgehead atoms. The first-order chi connectivity index (χ1) is 15.3. The maximum atomic E-state index is 12.8. The lowest BCUT2D eigenvalue weighted by Crippen LogP contribution is -2.29. The smallest absolute Gasteiger partial charge is 0.261 e. The average Bonchev–Trinajstić information content (AvgIpc) is 2.78. The average molecular weight is 455 g/mol. The summed E-state index contributed by atoms with van der Waals surface area (Å²) in [6.45, 7) is 4.15. The molecule has 2 N–H and O–H groups in total. The SMILES string of the molecule is COc1ccccc1OCCNC(=O)c1cc(S(=O)(=O)Nc2ccc(C)cc2)ccc1C. The Bertz CT molecular complexity index is 1190. The number of carbonyl (C=O) groups excluding carboxylic acids is 1. The zero-order valence-electron chi connectivity index (χ0n) is 18.2. The summed E-state index contributed by atoms with van der Waals surface area (Å²) in [5.41, 5.74) is 2.43. The van der Waals surface area contributed by atoms with Crippen LogP contribution in [0.2, 0.25) is 0 Å². The maximum absolute atomic E-state index is 12.8. The highest BCUT2D eigenvalue weighted by molar-refractivity contribution is 7.92. The Morgan fingerprint density at radius 1 is 0.938 bits per heavy atom. The number of amides is 1. The number of carbonyl (C=O) groups is 1. The molecular formula is C24H26N2O5S. The molecule has 1 amide bonds. The molecule has 0 atom stereocenters. The third-order valence-corrected chi connectivity index (χ3v) is 6.16. The number of nitrogens with one attached hydrogen (secondary N) is 2. The zero-order chi connectivity index (χ0) is 23.1. The van der Waals surface area contributed by atoms with E-state index >= 15 is 0 Å². The zero-order valence-corrected chi connectivity index (χ0v) is 19.0. The van der Waals surface area contributed by atoms with Crippen molar-refractivity contribution in [3.05, 3.63) is 83.4 Å². The van der Waals surface area contributed by atoms with E-state index in [1.807, 2.05) is 31.2 Å². The van der Waals surface area contributed by atoms with Crippen LogP contribution < -0.4 is 19.5 Å². The lowest BCUT2D eigenvalue weighted by molar-refractivity contribution is 0.0946. The number of hydrogen-bond acceptors (Lipinski definition) is 5. The normalized spacial score (nSPS) is 11.0. The number of para-hydroxylation sites is 2. The van der Waals surface area contributed by atoms with Crippen molar-refractivity contribution in [1.29, 1.82) is 0 Å². The Kier molecular flexibility index (Phi) is 7.37. The number of benzene rings is 3. The number of hydrogen-bond donors (Lipinski definition) is 2. The van der Waals surface area contributed by atoms with Gasteiger partial charge in [0.15, 0.2) is 11.5 Å². The third-order valence-electron chi connectivity index (χ3n) is 4.78. The standard InChI is InChI=1S/C24H26N2O5S/c1-17-8-11-19(12-9-17)26-32(28,29)20-13-10-18(2)21(16-20)24(27)25-14-15-31-23-7-5-4-6-22(23)30-3/h4-13,16,26H,14-15H2,1-3H3,(H,25,27). The minimum absolute atomic E-state index is 0.0131. The van der Waals surface area contributed by atoms with Crippen molar-refractivity contribution in [1.82, 2.24) is 5.32 Å². The molecule has 7 nitrogen and oxygen atoms in total. The van der Waals surface area contributed by atoms with Gasteiger partial charge in [-0.3, -0.25) is 9.52 Å². The van der Waals surface area contributed by atoms with E-state index in [4.69, 9.17) is 9.47 Å². The molecule has 8 heteroatoms. The van der Waals surface area contributed by atoms with Crippen LogP contribution in [0.3, 0.4) is 0 Å². The van der Waals surface area contributed by atoms with Gasteiger partial charge in [-0.25, -0.2) is 8.42 Å². The molecule has 3 aromatic carbocycles. The summed E-state index contributed by atoms with van der Waals surface area (Å²) in [4.78, 5) is 12.7. The molecule has 168 valence electrons. The number of ether oxygens (including phenoxy) is 2. The van der Waals surface area contributed by atoms with Crippen LogP contribution >= 0.6 is 0 Å². The monoisotopic (exact) mass is 454 g/mol. The van der Waals surface area contributed by atoms with Crippen LogP contribution in [0.15, 0.2) is 71.6 Å². The van der Waals surface area contributed by atoms with Gasteiger partial charge in [0.1, 0.15) is 6.61 Å². The number of sulfonamides is 1. The Balaban J connectivity index is 1.65. The summed E-state index contributed by atoms with van der Waals surface area (Å²) in [7, 11) is -2.28. The Hall–Kier alpha value is -3.52. The van der Waals surface area contributed by atoms with Crippen LogP contribution in [0.5, 0.6) is 11.5 Å². The van der Waals surface area contributed by atoms with Crippen LogP contribution in [0.1, 0.15) is 21.5 Å². The topological polar surface area (TPSA) is 93.7 Å². The molecule has 3 aromatic rings. The Labute approximate surface area is 188 Å².